The molecule has 0 aromatic heterocycles. The Morgan fingerprint density at radius 2 is 2.11 bits per heavy atom. The predicted molar refractivity (Wildman–Crippen MR) is 131 cm³/mol. The maximum Gasteiger partial charge on any atom is 0.251 e. The molecule has 1 aromatic carbocycles. The van der Waals surface area contributed by atoms with E-state index in [1.807, 2.05) is 55.0 Å². The van der Waals surface area contributed by atoms with Crippen LogP contribution in [-0.4, -0.2) is 68.0 Å². The number of halogens is 1. The van der Waals surface area contributed by atoms with Gasteiger partial charge >= 0.3 is 0 Å². The number of hydrogen-bond donors (Lipinski definition) is 3. The molecule has 1 aliphatic rings. The Morgan fingerprint density at radius 1 is 1.29 bits per heavy atom. The number of aliphatic imine (C=N–C) groups is 1. The zero-order valence-corrected chi connectivity index (χ0v) is 20.3. The molecular formula is C20H34IN5OS. The van der Waals surface area contributed by atoms with Crippen molar-refractivity contribution in [1.29, 1.82) is 0 Å². The van der Waals surface area contributed by atoms with Crippen LogP contribution in [0.2, 0.25) is 0 Å². The molecule has 1 fully saturated rings. The molecule has 1 amide bonds. The van der Waals surface area contributed by atoms with Gasteiger partial charge in [-0.15, -0.1) is 24.0 Å². The Balaban J connectivity index is 0.00000392. The zero-order valence-electron chi connectivity index (χ0n) is 17.2. The molecular weight excluding hydrogens is 485 g/mol. The Morgan fingerprint density at radius 3 is 2.79 bits per heavy atom. The summed E-state index contributed by atoms with van der Waals surface area (Å²) in [6, 6.07) is 7.70. The lowest BCUT2D eigenvalue weighted by atomic mass is 10.1. The maximum absolute atomic E-state index is 12.3. The number of carbonyl (C=O) groups is 1. The smallest absolute Gasteiger partial charge is 0.251 e. The minimum atomic E-state index is -0.0361. The second kappa shape index (κ2) is 14.1. The fourth-order valence-electron chi connectivity index (χ4n) is 2.83. The molecule has 0 aliphatic carbocycles. The number of thioether (sulfide) groups is 1. The Hall–Kier alpha value is -1.00. The van der Waals surface area contributed by atoms with Crippen molar-refractivity contribution in [3.05, 3.63) is 35.4 Å². The molecule has 1 heterocycles. The van der Waals surface area contributed by atoms with Crippen molar-refractivity contribution in [3.63, 3.8) is 0 Å². The summed E-state index contributed by atoms with van der Waals surface area (Å²) in [5.41, 5.74) is 1.71. The van der Waals surface area contributed by atoms with Gasteiger partial charge in [-0.25, -0.2) is 4.99 Å². The summed E-state index contributed by atoms with van der Waals surface area (Å²) in [5.74, 6) is 2.07. The second-order valence-electron chi connectivity index (χ2n) is 6.97. The normalized spacial score (nSPS) is 16.6. The van der Waals surface area contributed by atoms with Crippen LogP contribution in [0.15, 0.2) is 29.3 Å². The van der Waals surface area contributed by atoms with E-state index in [1.54, 1.807) is 0 Å². The van der Waals surface area contributed by atoms with Gasteiger partial charge in [0.2, 0.25) is 0 Å². The third-order valence-corrected chi connectivity index (χ3v) is 5.72. The quantitative estimate of drug-likeness (QED) is 0.266. The molecule has 28 heavy (non-hydrogen) atoms. The van der Waals surface area contributed by atoms with Gasteiger partial charge in [-0.3, -0.25) is 4.79 Å². The number of guanidine groups is 1. The molecule has 0 spiro atoms. The number of hydrogen-bond acceptors (Lipinski definition) is 4. The van der Waals surface area contributed by atoms with Crippen LogP contribution in [0.1, 0.15) is 35.7 Å². The highest BCUT2D eigenvalue weighted by Gasteiger charge is 2.15. The summed E-state index contributed by atoms with van der Waals surface area (Å²) in [4.78, 5) is 19.0. The standard InChI is InChI=1S/C20H33N5OS.HI/c1-4-21-20(24-15-18-9-6-12-27-18)23-14-16-7-5-8-17(13-16)19(26)22-10-11-25(2)3;/h5,7-8,13,18H,4,6,9-12,14-15H2,1-3H3,(H,22,26)(H2,21,23,24);1H. The highest BCUT2D eigenvalue weighted by molar-refractivity contribution is 14.0. The Kier molecular flexibility index (Phi) is 12.6. The van der Waals surface area contributed by atoms with Gasteiger partial charge in [0.25, 0.3) is 5.91 Å². The molecule has 0 bridgehead atoms. The van der Waals surface area contributed by atoms with E-state index < -0.39 is 0 Å². The first-order valence-electron chi connectivity index (χ1n) is 9.74. The fraction of sp³-hybridized carbons (Fsp3) is 0.600. The summed E-state index contributed by atoms with van der Waals surface area (Å²) in [5, 5.41) is 10.4. The van der Waals surface area contributed by atoms with Crippen molar-refractivity contribution in [2.45, 2.75) is 31.6 Å². The second-order valence-corrected chi connectivity index (χ2v) is 8.38. The number of nitrogens with one attached hydrogen (secondary N) is 3. The number of rotatable bonds is 9. The van der Waals surface area contributed by atoms with Crippen molar-refractivity contribution in [2.24, 2.45) is 4.99 Å². The molecule has 1 aliphatic heterocycles. The molecule has 1 atom stereocenters. The zero-order chi connectivity index (χ0) is 19.5. The van der Waals surface area contributed by atoms with E-state index in [4.69, 9.17) is 0 Å². The maximum atomic E-state index is 12.3. The van der Waals surface area contributed by atoms with Crippen molar-refractivity contribution in [2.75, 3.05) is 46.0 Å². The van der Waals surface area contributed by atoms with Gasteiger partial charge in [0.1, 0.15) is 0 Å². The highest BCUT2D eigenvalue weighted by Crippen LogP contribution is 2.25. The topological polar surface area (TPSA) is 68.8 Å². The van der Waals surface area contributed by atoms with Gasteiger partial charge in [0.05, 0.1) is 6.54 Å². The molecule has 1 aromatic rings. The number of benzene rings is 1. The van der Waals surface area contributed by atoms with E-state index in [9.17, 15) is 4.79 Å². The number of nitrogens with zero attached hydrogens (tertiary/aromatic N) is 2. The number of amides is 1. The van der Waals surface area contributed by atoms with Crippen LogP contribution in [0.25, 0.3) is 0 Å². The largest absolute Gasteiger partial charge is 0.357 e. The molecule has 1 saturated heterocycles. The van der Waals surface area contributed by atoms with Gasteiger partial charge in [-0.1, -0.05) is 12.1 Å². The first-order valence-corrected chi connectivity index (χ1v) is 10.8. The van der Waals surface area contributed by atoms with E-state index in [-0.39, 0.29) is 29.9 Å². The minimum Gasteiger partial charge on any atom is -0.357 e. The van der Waals surface area contributed by atoms with Crippen molar-refractivity contribution in [1.82, 2.24) is 20.9 Å². The van der Waals surface area contributed by atoms with Gasteiger partial charge in [0.15, 0.2) is 5.96 Å². The SMILES string of the molecule is CCNC(=NCc1cccc(C(=O)NCCN(C)C)c1)NCC1CCCS1.I. The summed E-state index contributed by atoms with van der Waals surface area (Å²) in [6.07, 6.45) is 2.59. The Bertz CT molecular complexity index is 620. The molecule has 8 heteroatoms. The first-order chi connectivity index (χ1) is 13.1. The van der Waals surface area contributed by atoms with E-state index in [0.717, 1.165) is 31.2 Å². The summed E-state index contributed by atoms with van der Waals surface area (Å²) >= 11 is 2.04. The number of likely N-dealkylation sites (N-methyl/N-ethyl adjacent to an activating group) is 1. The molecule has 158 valence electrons. The van der Waals surface area contributed by atoms with E-state index in [2.05, 4.69) is 27.9 Å². The lowest BCUT2D eigenvalue weighted by molar-refractivity contribution is 0.0951. The van der Waals surface area contributed by atoms with Gasteiger partial charge in [0, 0.05) is 37.0 Å². The molecule has 6 nitrogen and oxygen atoms in total. The molecule has 1 unspecified atom stereocenters. The van der Waals surface area contributed by atoms with Crippen LogP contribution in [0.3, 0.4) is 0 Å². The number of carbonyl (C=O) groups excluding carboxylic acids is 1. The van der Waals surface area contributed by atoms with Crippen LogP contribution in [0, 0.1) is 0 Å². The van der Waals surface area contributed by atoms with Gasteiger partial charge in [-0.2, -0.15) is 11.8 Å². The van der Waals surface area contributed by atoms with Crippen LogP contribution >= 0.6 is 35.7 Å². The monoisotopic (exact) mass is 519 g/mol. The fourth-order valence-corrected chi connectivity index (χ4v) is 4.04. The van der Waals surface area contributed by atoms with Crippen molar-refractivity contribution >= 4 is 47.6 Å². The molecule has 2 rings (SSSR count). The lowest BCUT2D eigenvalue weighted by Gasteiger charge is -2.14. The van der Waals surface area contributed by atoms with Gasteiger partial charge < -0.3 is 20.9 Å². The average Bonchev–Trinajstić information content (AvgIpc) is 3.17. The van der Waals surface area contributed by atoms with E-state index in [1.165, 1.54) is 18.6 Å². The highest BCUT2D eigenvalue weighted by atomic mass is 127. The molecule has 3 N–H and O–H groups in total. The summed E-state index contributed by atoms with van der Waals surface area (Å²) in [7, 11) is 3.98. The molecule has 0 radical (unpaired) electrons. The Labute approximate surface area is 190 Å². The van der Waals surface area contributed by atoms with Crippen LogP contribution in [0.4, 0.5) is 0 Å². The predicted octanol–water partition coefficient (Wildman–Crippen LogP) is 2.55. The average molecular weight is 519 g/mol. The third kappa shape index (κ3) is 9.47. The van der Waals surface area contributed by atoms with Crippen molar-refractivity contribution in [3.8, 4) is 0 Å². The minimum absolute atomic E-state index is 0. The van der Waals surface area contributed by atoms with E-state index in [0.29, 0.717) is 23.9 Å². The lowest BCUT2D eigenvalue weighted by Crippen LogP contribution is -2.40. The third-order valence-electron chi connectivity index (χ3n) is 4.32. The van der Waals surface area contributed by atoms with Crippen molar-refractivity contribution < 1.29 is 4.79 Å². The molecule has 0 saturated carbocycles. The van der Waals surface area contributed by atoms with E-state index >= 15 is 0 Å². The van der Waals surface area contributed by atoms with Crippen LogP contribution in [0.5, 0.6) is 0 Å². The van der Waals surface area contributed by atoms with Crippen LogP contribution < -0.4 is 16.0 Å². The van der Waals surface area contributed by atoms with Gasteiger partial charge in [-0.05, 0) is 57.3 Å². The summed E-state index contributed by atoms with van der Waals surface area (Å²) < 4.78 is 0. The first kappa shape index (κ1) is 25.0. The van der Waals surface area contributed by atoms with Crippen LogP contribution in [-0.2, 0) is 6.54 Å². The summed E-state index contributed by atoms with van der Waals surface area (Å²) in [6.45, 7) is 5.86.